The highest BCUT2D eigenvalue weighted by Gasteiger charge is 2.27. The Morgan fingerprint density at radius 2 is 2.33 bits per heavy atom. The molecule has 2 heterocycles. The lowest BCUT2D eigenvalue weighted by Gasteiger charge is -2.26. The zero-order chi connectivity index (χ0) is 13.1. The van der Waals surface area contributed by atoms with Gasteiger partial charge in [-0.2, -0.15) is 0 Å². The summed E-state index contributed by atoms with van der Waals surface area (Å²) in [7, 11) is 0. The zero-order valence-electron chi connectivity index (χ0n) is 11.7. The molecule has 18 heavy (non-hydrogen) atoms. The lowest BCUT2D eigenvalue weighted by Crippen LogP contribution is -2.26. The summed E-state index contributed by atoms with van der Waals surface area (Å²) < 4.78 is 7.68. The maximum absolute atomic E-state index is 6.38. The summed E-state index contributed by atoms with van der Waals surface area (Å²) in [6.45, 7) is 8.37. The van der Waals surface area contributed by atoms with E-state index in [0.29, 0.717) is 17.9 Å². The first-order chi connectivity index (χ1) is 8.65. The predicted molar refractivity (Wildman–Crippen MR) is 72.2 cm³/mol. The van der Waals surface area contributed by atoms with E-state index in [2.05, 4.69) is 30.3 Å². The van der Waals surface area contributed by atoms with Crippen molar-refractivity contribution >= 4 is 0 Å². The van der Waals surface area contributed by atoms with Crippen molar-refractivity contribution in [1.29, 1.82) is 0 Å². The number of aromatic nitrogens is 2. The van der Waals surface area contributed by atoms with Crippen LogP contribution in [0.1, 0.15) is 51.4 Å². The van der Waals surface area contributed by atoms with Crippen LogP contribution < -0.4 is 5.73 Å². The highest BCUT2D eigenvalue weighted by molar-refractivity contribution is 5.08. The fourth-order valence-electron chi connectivity index (χ4n) is 2.61. The molecule has 1 aromatic heterocycles. The van der Waals surface area contributed by atoms with Gasteiger partial charge in [-0.15, -0.1) is 0 Å². The van der Waals surface area contributed by atoms with Crippen LogP contribution in [0.4, 0.5) is 0 Å². The number of imidazole rings is 1. The van der Waals surface area contributed by atoms with E-state index in [9.17, 15) is 0 Å². The van der Waals surface area contributed by atoms with Crippen molar-refractivity contribution in [3.63, 3.8) is 0 Å². The molecular formula is C14H25N3O. The molecule has 0 saturated carbocycles. The fourth-order valence-corrected chi connectivity index (χ4v) is 2.61. The standard InChI is InChI=1S/C14H25N3O/c1-4-10(2)11(3)17-9-16-7-13(17)14(15)12-5-6-18-8-12/h7,9-12,14H,4-6,8,15H2,1-3H3. The van der Waals surface area contributed by atoms with Gasteiger partial charge in [0.25, 0.3) is 0 Å². The van der Waals surface area contributed by atoms with E-state index in [-0.39, 0.29) is 6.04 Å². The van der Waals surface area contributed by atoms with Gasteiger partial charge < -0.3 is 15.0 Å². The molecule has 2 N–H and O–H groups in total. The van der Waals surface area contributed by atoms with E-state index >= 15 is 0 Å². The highest BCUT2D eigenvalue weighted by Crippen LogP contribution is 2.30. The molecule has 1 aromatic rings. The Labute approximate surface area is 110 Å². The number of hydrogen-bond acceptors (Lipinski definition) is 3. The van der Waals surface area contributed by atoms with Crippen molar-refractivity contribution in [1.82, 2.24) is 9.55 Å². The van der Waals surface area contributed by atoms with Gasteiger partial charge >= 0.3 is 0 Å². The Hall–Kier alpha value is -0.870. The van der Waals surface area contributed by atoms with Crippen LogP contribution in [0.25, 0.3) is 0 Å². The molecule has 4 heteroatoms. The third kappa shape index (κ3) is 2.59. The molecule has 102 valence electrons. The van der Waals surface area contributed by atoms with Crippen LogP contribution >= 0.6 is 0 Å². The number of nitrogens with two attached hydrogens (primary N) is 1. The summed E-state index contributed by atoms with van der Waals surface area (Å²) in [4.78, 5) is 4.29. The van der Waals surface area contributed by atoms with Crippen molar-refractivity contribution in [3.8, 4) is 0 Å². The van der Waals surface area contributed by atoms with Crippen LogP contribution in [0.15, 0.2) is 12.5 Å². The molecular weight excluding hydrogens is 226 g/mol. The predicted octanol–water partition coefficient (Wildman–Crippen LogP) is 2.53. The molecule has 4 atom stereocenters. The lowest BCUT2D eigenvalue weighted by molar-refractivity contribution is 0.179. The summed E-state index contributed by atoms with van der Waals surface area (Å²) in [5.74, 6) is 1.06. The molecule has 4 nitrogen and oxygen atoms in total. The van der Waals surface area contributed by atoms with Crippen LogP contribution in [-0.4, -0.2) is 22.8 Å². The first-order valence-corrected chi connectivity index (χ1v) is 7.00. The van der Waals surface area contributed by atoms with Crippen LogP contribution in [0, 0.1) is 11.8 Å². The summed E-state index contributed by atoms with van der Waals surface area (Å²) >= 11 is 0. The Bertz CT molecular complexity index is 371. The number of ether oxygens (including phenoxy) is 1. The van der Waals surface area contributed by atoms with Crippen molar-refractivity contribution < 1.29 is 4.74 Å². The van der Waals surface area contributed by atoms with Crippen LogP contribution in [-0.2, 0) is 4.74 Å². The molecule has 2 rings (SSSR count). The minimum absolute atomic E-state index is 0.0431. The van der Waals surface area contributed by atoms with E-state index in [1.165, 1.54) is 6.42 Å². The summed E-state index contributed by atoms with van der Waals surface area (Å²) in [5, 5.41) is 0. The third-order valence-corrected chi connectivity index (χ3v) is 4.42. The maximum Gasteiger partial charge on any atom is 0.0951 e. The molecule has 1 saturated heterocycles. The molecule has 0 aliphatic carbocycles. The van der Waals surface area contributed by atoms with Gasteiger partial charge in [0.2, 0.25) is 0 Å². The van der Waals surface area contributed by atoms with E-state index in [1.54, 1.807) is 0 Å². The van der Waals surface area contributed by atoms with Gasteiger partial charge in [-0.05, 0) is 19.3 Å². The molecule has 0 amide bonds. The lowest BCUT2D eigenvalue weighted by atomic mass is 9.95. The molecule has 1 fully saturated rings. The molecule has 0 spiro atoms. The smallest absolute Gasteiger partial charge is 0.0951 e. The van der Waals surface area contributed by atoms with E-state index in [0.717, 1.165) is 25.3 Å². The average molecular weight is 251 g/mol. The molecule has 1 aliphatic rings. The Balaban J connectivity index is 2.16. The first-order valence-electron chi connectivity index (χ1n) is 7.00. The van der Waals surface area contributed by atoms with Crippen molar-refractivity contribution in [3.05, 3.63) is 18.2 Å². The second-order valence-corrected chi connectivity index (χ2v) is 5.50. The molecule has 4 unspecified atom stereocenters. The summed E-state index contributed by atoms with van der Waals surface area (Å²) in [6.07, 6.45) is 6.06. The third-order valence-electron chi connectivity index (χ3n) is 4.42. The minimum Gasteiger partial charge on any atom is -0.381 e. The molecule has 0 radical (unpaired) electrons. The van der Waals surface area contributed by atoms with Gasteiger partial charge in [0.05, 0.1) is 24.7 Å². The van der Waals surface area contributed by atoms with Crippen LogP contribution in [0.3, 0.4) is 0 Å². The zero-order valence-corrected chi connectivity index (χ0v) is 11.7. The second-order valence-electron chi connectivity index (χ2n) is 5.50. The van der Waals surface area contributed by atoms with Gasteiger partial charge in [0.15, 0.2) is 0 Å². The monoisotopic (exact) mass is 251 g/mol. The summed E-state index contributed by atoms with van der Waals surface area (Å²) in [6, 6.07) is 0.488. The molecule has 1 aliphatic heterocycles. The Kier molecular flexibility index (Phi) is 4.40. The molecule has 0 bridgehead atoms. The van der Waals surface area contributed by atoms with Gasteiger partial charge in [0.1, 0.15) is 0 Å². The topological polar surface area (TPSA) is 53.1 Å². The van der Waals surface area contributed by atoms with Gasteiger partial charge in [0, 0.05) is 24.8 Å². The minimum atomic E-state index is 0.0431. The van der Waals surface area contributed by atoms with E-state index < -0.39 is 0 Å². The summed E-state index contributed by atoms with van der Waals surface area (Å²) in [5.41, 5.74) is 7.54. The number of hydrogen-bond donors (Lipinski definition) is 1. The average Bonchev–Trinajstić information content (AvgIpc) is 3.06. The quantitative estimate of drug-likeness (QED) is 0.875. The second kappa shape index (κ2) is 5.85. The van der Waals surface area contributed by atoms with Crippen LogP contribution in [0.2, 0.25) is 0 Å². The number of rotatable bonds is 5. The number of nitrogens with zero attached hydrogens (tertiary/aromatic N) is 2. The van der Waals surface area contributed by atoms with Gasteiger partial charge in [-0.1, -0.05) is 20.3 Å². The largest absolute Gasteiger partial charge is 0.381 e. The highest BCUT2D eigenvalue weighted by atomic mass is 16.5. The Morgan fingerprint density at radius 1 is 1.56 bits per heavy atom. The maximum atomic E-state index is 6.38. The van der Waals surface area contributed by atoms with Crippen molar-refractivity contribution in [2.45, 2.75) is 45.7 Å². The fraction of sp³-hybridized carbons (Fsp3) is 0.786. The SMILES string of the molecule is CCC(C)C(C)n1cncc1C(N)C1CCOC1. The van der Waals surface area contributed by atoms with Crippen molar-refractivity contribution in [2.75, 3.05) is 13.2 Å². The molecule has 0 aromatic carbocycles. The van der Waals surface area contributed by atoms with E-state index in [4.69, 9.17) is 10.5 Å². The first kappa shape index (κ1) is 13.6. The van der Waals surface area contributed by atoms with Crippen molar-refractivity contribution in [2.24, 2.45) is 17.6 Å². The van der Waals surface area contributed by atoms with Gasteiger partial charge in [-0.25, -0.2) is 4.98 Å². The van der Waals surface area contributed by atoms with Gasteiger partial charge in [-0.3, -0.25) is 0 Å². The Morgan fingerprint density at radius 3 is 2.94 bits per heavy atom. The normalized spacial score (nSPS) is 25.0. The van der Waals surface area contributed by atoms with Crippen LogP contribution in [0.5, 0.6) is 0 Å². The van der Waals surface area contributed by atoms with E-state index in [1.807, 2.05) is 12.5 Å².